The van der Waals surface area contributed by atoms with Gasteiger partial charge in [-0.3, -0.25) is 14.5 Å². The summed E-state index contributed by atoms with van der Waals surface area (Å²) in [6.07, 6.45) is 1.03. The van der Waals surface area contributed by atoms with Gasteiger partial charge in [-0.2, -0.15) is 0 Å². The number of carboxylic acid groups (broad SMARTS) is 1. The molecule has 0 radical (unpaired) electrons. The number of likely N-dealkylation sites (tertiary alicyclic amines) is 1. The van der Waals surface area contributed by atoms with Gasteiger partial charge in [-0.15, -0.1) is 0 Å². The Labute approximate surface area is 107 Å². The maximum Gasteiger partial charge on any atom is 0.326 e. The third kappa shape index (κ3) is 2.26. The Hall–Kier alpha value is -1.39. The number of imide groups is 1. The van der Waals surface area contributed by atoms with Crippen LogP contribution < -0.4 is 0 Å². The summed E-state index contributed by atoms with van der Waals surface area (Å²) in [6, 6.07) is -1.02. The van der Waals surface area contributed by atoms with Crippen LogP contribution in [0.4, 0.5) is 0 Å². The normalized spacial score (nSPS) is 25.9. The van der Waals surface area contributed by atoms with E-state index in [1.807, 2.05) is 20.8 Å². The van der Waals surface area contributed by atoms with E-state index in [1.165, 1.54) is 0 Å². The highest BCUT2D eigenvalue weighted by molar-refractivity contribution is 6.08. The lowest BCUT2D eigenvalue weighted by atomic mass is 9.78. The second-order valence-electron chi connectivity index (χ2n) is 5.46. The van der Waals surface area contributed by atoms with Crippen molar-refractivity contribution in [3.63, 3.8) is 0 Å². The highest BCUT2D eigenvalue weighted by atomic mass is 16.4. The van der Waals surface area contributed by atoms with Crippen molar-refractivity contribution in [1.29, 1.82) is 0 Å². The van der Waals surface area contributed by atoms with Crippen molar-refractivity contribution in [2.75, 3.05) is 0 Å². The average molecular weight is 255 g/mol. The number of hydrogen-bond donors (Lipinski definition) is 1. The Balaban J connectivity index is 3.07. The molecule has 1 aliphatic heterocycles. The fourth-order valence-corrected chi connectivity index (χ4v) is 2.27. The lowest BCUT2D eigenvalue weighted by molar-refractivity contribution is -0.156. The van der Waals surface area contributed by atoms with Crippen molar-refractivity contribution in [2.45, 2.75) is 53.0 Å². The number of aliphatic carboxylic acids is 1. The van der Waals surface area contributed by atoms with Crippen molar-refractivity contribution in [2.24, 2.45) is 11.3 Å². The summed E-state index contributed by atoms with van der Waals surface area (Å²) in [5, 5.41) is 9.16. The van der Waals surface area contributed by atoms with Crippen molar-refractivity contribution in [3.05, 3.63) is 0 Å². The Morgan fingerprint density at radius 3 is 2.33 bits per heavy atom. The lowest BCUT2D eigenvalue weighted by Gasteiger charge is -2.28. The van der Waals surface area contributed by atoms with Crippen molar-refractivity contribution < 1.29 is 19.5 Å². The van der Waals surface area contributed by atoms with Crippen LogP contribution in [0.5, 0.6) is 0 Å². The van der Waals surface area contributed by atoms with Gasteiger partial charge in [-0.25, -0.2) is 4.79 Å². The standard InChI is InChI=1S/C13H21NO4/c1-5-6-9(11(16)17)14-10(15)7-13(4,8(2)3)12(14)18/h8-9H,5-7H2,1-4H3,(H,16,17). The van der Waals surface area contributed by atoms with E-state index in [-0.39, 0.29) is 24.2 Å². The largest absolute Gasteiger partial charge is 0.480 e. The molecule has 0 saturated carbocycles. The molecular weight excluding hydrogens is 234 g/mol. The van der Waals surface area contributed by atoms with Crippen molar-refractivity contribution in [1.82, 2.24) is 4.90 Å². The molecule has 0 aromatic carbocycles. The molecule has 5 heteroatoms. The lowest BCUT2D eigenvalue weighted by Crippen LogP contribution is -2.47. The van der Waals surface area contributed by atoms with Crippen LogP contribution in [-0.2, 0) is 14.4 Å². The van der Waals surface area contributed by atoms with E-state index in [0.717, 1.165) is 4.90 Å². The first-order chi connectivity index (χ1) is 8.25. The minimum absolute atomic E-state index is 0.00928. The van der Waals surface area contributed by atoms with E-state index in [9.17, 15) is 14.4 Å². The van der Waals surface area contributed by atoms with Gasteiger partial charge in [0.1, 0.15) is 6.04 Å². The quantitative estimate of drug-likeness (QED) is 0.758. The molecule has 18 heavy (non-hydrogen) atoms. The fraction of sp³-hybridized carbons (Fsp3) is 0.769. The van der Waals surface area contributed by atoms with Gasteiger partial charge in [-0.05, 0) is 19.3 Å². The van der Waals surface area contributed by atoms with Crippen LogP contribution >= 0.6 is 0 Å². The van der Waals surface area contributed by atoms with Crippen molar-refractivity contribution in [3.8, 4) is 0 Å². The van der Waals surface area contributed by atoms with Crippen LogP contribution in [0, 0.1) is 11.3 Å². The molecule has 1 rings (SSSR count). The molecule has 0 spiro atoms. The molecule has 2 unspecified atom stereocenters. The molecule has 0 aromatic heterocycles. The van der Waals surface area contributed by atoms with E-state index in [0.29, 0.717) is 12.8 Å². The molecule has 2 atom stereocenters. The van der Waals surface area contributed by atoms with Gasteiger partial charge < -0.3 is 5.11 Å². The van der Waals surface area contributed by atoms with Gasteiger partial charge in [0.2, 0.25) is 11.8 Å². The number of nitrogens with zero attached hydrogens (tertiary/aromatic N) is 1. The number of carbonyl (C=O) groups excluding carboxylic acids is 2. The molecule has 5 nitrogen and oxygen atoms in total. The third-order valence-corrected chi connectivity index (χ3v) is 3.93. The second kappa shape index (κ2) is 5.08. The summed E-state index contributed by atoms with van der Waals surface area (Å²) in [5.74, 6) is -1.80. The van der Waals surface area contributed by atoms with Gasteiger partial charge in [0.25, 0.3) is 0 Å². The van der Waals surface area contributed by atoms with E-state index < -0.39 is 17.4 Å². The maximum absolute atomic E-state index is 12.3. The first-order valence-electron chi connectivity index (χ1n) is 6.35. The molecule has 1 fully saturated rings. The first kappa shape index (κ1) is 14.7. The SMILES string of the molecule is CCCC(C(=O)O)N1C(=O)CC(C)(C(C)C)C1=O. The summed E-state index contributed by atoms with van der Waals surface area (Å²) in [6.45, 7) is 7.33. The Bertz CT molecular complexity index is 377. The van der Waals surface area contributed by atoms with E-state index in [4.69, 9.17) is 5.11 Å². The molecule has 1 aliphatic rings. The first-order valence-corrected chi connectivity index (χ1v) is 6.35. The van der Waals surface area contributed by atoms with Crippen LogP contribution in [0.25, 0.3) is 0 Å². The van der Waals surface area contributed by atoms with E-state index >= 15 is 0 Å². The molecule has 0 bridgehead atoms. The van der Waals surface area contributed by atoms with Gasteiger partial charge >= 0.3 is 5.97 Å². The average Bonchev–Trinajstić information content (AvgIpc) is 2.48. The van der Waals surface area contributed by atoms with Crippen molar-refractivity contribution >= 4 is 17.8 Å². The highest BCUT2D eigenvalue weighted by Gasteiger charge is 2.53. The smallest absolute Gasteiger partial charge is 0.326 e. The number of hydrogen-bond acceptors (Lipinski definition) is 3. The summed E-state index contributed by atoms with van der Waals surface area (Å²) >= 11 is 0. The van der Waals surface area contributed by atoms with E-state index in [2.05, 4.69) is 0 Å². The summed E-state index contributed by atoms with van der Waals surface area (Å²) in [4.78, 5) is 36.5. The van der Waals surface area contributed by atoms with Crippen LogP contribution in [-0.4, -0.2) is 33.8 Å². The Morgan fingerprint density at radius 2 is 2.00 bits per heavy atom. The fourth-order valence-electron chi connectivity index (χ4n) is 2.27. The topological polar surface area (TPSA) is 74.7 Å². The van der Waals surface area contributed by atoms with Gasteiger partial charge in [0.05, 0.1) is 5.41 Å². The Morgan fingerprint density at radius 1 is 1.44 bits per heavy atom. The molecule has 1 N–H and O–H groups in total. The monoisotopic (exact) mass is 255 g/mol. The highest BCUT2D eigenvalue weighted by Crippen LogP contribution is 2.40. The number of amides is 2. The van der Waals surface area contributed by atoms with Crippen LogP contribution in [0.1, 0.15) is 47.0 Å². The number of rotatable bonds is 5. The molecule has 0 aromatic rings. The molecule has 2 amide bonds. The summed E-state index contributed by atoms with van der Waals surface area (Å²) in [7, 11) is 0. The van der Waals surface area contributed by atoms with Gasteiger partial charge in [0.15, 0.2) is 0 Å². The second-order valence-corrected chi connectivity index (χ2v) is 5.46. The van der Waals surface area contributed by atoms with Gasteiger partial charge in [-0.1, -0.05) is 27.2 Å². The number of carboxylic acids is 1. The molecule has 0 aliphatic carbocycles. The zero-order valence-electron chi connectivity index (χ0n) is 11.4. The van der Waals surface area contributed by atoms with Crippen LogP contribution in [0.3, 0.4) is 0 Å². The molecular formula is C13H21NO4. The summed E-state index contributed by atoms with van der Waals surface area (Å²) < 4.78 is 0. The molecule has 1 heterocycles. The van der Waals surface area contributed by atoms with Crippen LogP contribution in [0.15, 0.2) is 0 Å². The minimum Gasteiger partial charge on any atom is -0.480 e. The predicted molar refractivity (Wildman–Crippen MR) is 65.7 cm³/mol. The maximum atomic E-state index is 12.3. The summed E-state index contributed by atoms with van der Waals surface area (Å²) in [5.41, 5.74) is -0.765. The zero-order valence-corrected chi connectivity index (χ0v) is 11.4. The van der Waals surface area contributed by atoms with Gasteiger partial charge in [0, 0.05) is 6.42 Å². The zero-order chi connectivity index (χ0) is 14.1. The van der Waals surface area contributed by atoms with Crippen LogP contribution in [0.2, 0.25) is 0 Å². The molecule has 1 saturated heterocycles. The third-order valence-electron chi connectivity index (χ3n) is 3.93. The minimum atomic E-state index is -1.11. The predicted octanol–water partition coefficient (Wildman–Crippen LogP) is 1.66. The molecule has 102 valence electrons. The Kier molecular flexibility index (Phi) is 4.14. The van der Waals surface area contributed by atoms with E-state index in [1.54, 1.807) is 6.92 Å². The number of carbonyl (C=O) groups is 3.